The van der Waals surface area contributed by atoms with Gasteiger partial charge in [-0.2, -0.15) is 0 Å². The molecule has 0 atom stereocenters. The molecule has 0 saturated heterocycles. The van der Waals surface area contributed by atoms with Crippen LogP contribution >= 0.6 is 11.3 Å². The Bertz CT molecular complexity index is 2510. The Morgan fingerprint density at radius 1 is 0.370 bits per heavy atom. The van der Waals surface area contributed by atoms with Gasteiger partial charge in [0, 0.05) is 42.3 Å². The van der Waals surface area contributed by atoms with Gasteiger partial charge in [0.15, 0.2) is 0 Å². The number of anilines is 3. The van der Waals surface area contributed by atoms with E-state index in [9.17, 15) is 0 Å². The van der Waals surface area contributed by atoms with Crippen molar-refractivity contribution >= 4 is 70.1 Å². The second-order valence-corrected chi connectivity index (χ2v) is 12.8. The molecule has 0 spiro atoms. The lowest BCUT2D eigenvalue weighted by Gasteiger charge is -2.27. The number of hydrogen-bond acceptors (Lipinski definition) is 2. The van der Waals surface area contributed by atoms with Gasteiger partial charge in [0.2, 0.25) is 0 Å². The minimum atomic E-state index is 1.13. The Morgan fingerprint density at radius 3 is 1.76 bits per heavy atom. The van der Waals surface area contributed by atoms with E-state index in [0.29, 0.717) is 0 Å². The highest BCUT2D eigenvalue weighted by Gasteiger charge is 2.19. The molecule has 2 heteroatoms. The monoisotopic (exact) mass is 603 g/mol. The van der Waals surface area contributed by atoms with Crippen molar-refractivity contribution in [2.45, 2.75) is 0 Å². The summed E-state index contributed by atoms with van der Waals surface area (Å²) in [6, 6.07) is 63.9. The normalized spacial score (nSPS) is 11.5. The van der Waals surface area contributed by atoms with Gasteiger partial charge < -0.3 is 4.90 Å². The van der Waals surface area contributed by atoms with E-state index in [0.717, 1.165) is 11.4 Å². The lowest BCUT2D eigenvalue weighted by molar-refractivity contribution is 1.30. The van der Waals surface area contributed by atoms with Crippen LogP contribution in [0.2, 0.25) is 0 Å². The lowest BCUT2D eigenvalue weighted by atomic mass is 9.95. The highest BCUT2D eigenvalue weighted by atomic mass is 32.1. The van der Waals surface area contributed by atoms with Crippen LogP contribution in [0.3, 0.4) is 0 Å². The van der Waals surface area contributed by atoms with Crippen molar-refractivity contribution in [2.75, 3.05) is 4.90 Å². The first-order valence-electron chi connectivity index (χ1n) is 15.7. The number of rotatable bonds is 5. The minimum absolute atomic E-state index is 1.13. The molecule has 0 bridgehead atoms. The Labute approximate surface area is 272 Å². The van der Waals surface area contributed by atoms with Crippen molar-refractivity contribution in [3.8, 4) is 22.3 Å². The van der Waals surface area contributed by atoms with E-state index in [4.69, 9.17) is 0 Å². The topological polar surface area (TPSA) is 3.24 Å². The van der Waals surface area contributed by atoms with Crippen LogP contribution in [0.5, 0.6) is 0 Å². The van der Waals surface area contributed by atoms with Crippen LogP contribution < -0.4 is 4.90 Å². The van der Waals surface area contributed by atoms with Crippen LogP contribution in [0.25, 0.3) is 64.0 Å². The maximum Gasteiger partial charge on any atom is 0.0540 e. The summed E-state index contributed by atoms with van der Waals surface area (Å²) >= 11 is 1.89. The third-order valence-electron chi connectivity index (χ3n) is 9.04. The van der Waals surface area contributed by atoms with Gasteiger partial charge in [-0.05, 0) is 75.5 Å². The summed E-state index contributed by atoms with van der Waals surface area (Å²) < 4.78 is 2.64. The van der Waals surface area contributed by atoms with Gasteiger partial charge in [-0.25, -0.2) is 0 Å². The predicted molar refractivity (Wildman–Crippen MR) is 200 cm³/mol. The molecule has 0 radical (unpaired) electrons. The maximum absolute atomic E-state index is 2.42. The molecule has 8 aromatic carbocycles. The summed E-state index contributed by atoms with van der Waals surface area (Å²) in [5.74, 6) is 0. The molecule has 9 rings (SSSR count). The summed E-state index contributed by atoms with van der Waals surface area (Å²) in [7, 11) is 0. The SMILES string of the molecule is c1ccc(-c2ccc(N(c3ccc4sc5c6ccccc6c(-c6ccccc6)cc5c4c3)c3cccc4ccccc34)cc2)cc1. The number of thiophene rings is 1. The zero-order chi connectivity index (χ0) is 30.5. The van der Waals surface area contributed by atoms with Crippen molar-refractivity contribution in [2.24, 2.45) is 0 Å². The number of fused-ring (bicyclic) bond motifs is 6. The third kappa shape index (κ3) is 4.46. The Hall–Kier alpha value is -5.70. The van der Waals surface area contributed by atoms with Crippen LogP contribution in [0.1, 0.15) is 0 Å². The van der Waals surface area contributed by atoms with Crippen LogP contribution in [-0.4, -0.2) is 0 Å². The summed E-state index contributed by atoms with van der Waals surface area (Å²) in [5.41, 5.74) is 8.39. The van der Waals surface area contributed by atoms with E-state index in [1.54, 1.807) is 0 Å². The van der Waals surface area contributed by atoms with Gasteiger partial charge in [0.1, 0.15) is 0 Å². The molecule has 0 fully saturated rings. The van der Waals surface area contributed by atoms with Crippen molar-refractivity contribution in [3.63, 3.8) is 0 Å². The first-order chi connectivity index (χ1) is 22.8. The average molecular weight is 604 g/mol. The van der Waals surface area contributed by atoms with E-state index in [1.807, 2.05) is 11.3 Å². The van der Waals surface area contributed by atoms with Gasteiger partial charge >= 0.3 is 0 Å². The predicted octanol–water partition coefficient (Wildman–Crippen LogP) is 13.2. The number of benzene rings is 8. The Morgan fingerprint density at radius 2 is 0.978 bits per heavy atom. The second kappa shape index (κ2) is 11.0. The van der Waals surface area contributed by atoms with Crippen LogP contribution in [0.4, 0.5) is 17.1 Å². The largest absolute Gasteiger partial charge is 0.310 e. The number of hydrogen-bond donors (Lipinski definition) is 0. The first-order valence-corrected chi connectivity index (χ1v) is 16.5. The van der Waals surface area contributed by atoms with Crippen LogP contribution in [-0.2, 0) is 0 Å². The van der Waals surface area contributed by atoms with Gasteiger partial charge in [0.05, 0.1) is 5.69 Å². The molecule has 0 saturated carbocycles. The molecule has 1 nitrogen and oxygen atoms in total. The van der Waals surface area contributed by atoms with Gasteiger partial charge in [-0.1, -0.05) is 133 Å². The van der Waals surface area contributed by atoms with E-state index >= 15 is 0 Å². The number of nitrogens with zero attached hydrogens (tertiary/aromatic N) is 1. The van der Waals surface area contributed by atoms with E-state index < -0.39 is 0 Å². The third-order valence-corrected chi connectivity index (χ3v) is 10.3. The fraction of sp³-hybridized carbons (Fsp3) is 0. The molecule has 0 aliphatic heterocycles. The molecule has 0 amide bonds. The van der Waals surface area contributed by atoms with Crippen LogP contribution in [0, 0.1) is 0 Å². The molecular formula is C44H29NS. The highest BCUT2D eigenvalue weighted by molar-refractivity contribution is 7.26. The molecule has 1 aromatic heterocycles. The van der Waals surface area contributed by atoms with Crippen molar-refractivity contribution < 1.29 is 0 Å². The molecule has 0 unspecified atom stereocenters. The molecule has 0 aliphatic carbocycles. The summed E-state index contributed by atoms with van der Waals surface area (Å²) in [5, 5.41) is 7.65. The lowest BCUT2D eigenvalue weighted by Crippen LogP contribution is -2.10. The van der Waals surface area contributed by atoms with Gasteiger partial charge in [0.25, 0.3) is 0 Å². The van der Waals surface area contributed by atoms with Gasteiger partial charge in [-0.15, -0.1) is 11.3 Å². The molecule has 1 heterocycles. The first kappa shape index (κ1) is 26.7. The maximum atomic E-state index is 2.42. The highest BCUT2D eigenvalue weighted by Crippen LogP contribution is 2.46. The molecule has 9 aromatic rings. The zero-order valence-corrected chi connectivity index (χ0v) is 25.9. The smallest absolute Gasteiger partial charge is 0.0540 e. The van der Waals surface area contributed by atoms with E-state index in [1.165, 1.54) is 69.7 Å². The molecule has 0 N–H and O–H groups in total. The van der Waals surface area contributed by atoms with Crippen molar-refractivity contribution in [1.82, 2.24) is 0 Å². The Kier molecular flexibility index (Phi) is 6.40. The fourth-order valence-electron chi connectivity index (χ4n) is 6.85. The second-order valence-electron chi connectivity index (χ2n) is 11.7. The van der Waals surface area contributed by atoms with E-state index in [2.05, 4.69) is 181 Å². The van der Waals surface area contributed by atoms with Crippen molar-refractivity contribution in [1.29, 1.82) is 0 Å². The fourth-order valence-corrected chi connectivity index (χ4v) is 8.05. The van der Waals surface area contributed by atoms with E-state index in [-0.39, 0.29) is 0 Å². The average Bonchev–Trinajstić information content (AvgIpc) is 3.51. The molecular weight excluding hydrogens is 575 g/mol. The molecule has 46 heavy (non-hydrogen) atoms. The van der Waals surface area contributed by atoms with Crippen molar-refractivity contribution in [3.05, 3.63) is 176 Å². The summed E-state index contributed by atoms with van der Waals surface area (Å²) in [6.07, 6.45) is 0. The quantitative estimate of drug-likeness (QED) is 0.189. The molecule has 216 valence electrons. The Balaban J connectivity index is 1.28. The summed E-state index contributed by atoms with van der Waals surface area (Å²) in [4.78, 5) is 2.42. The zero-order valence-electron chi connectivity index (χ0n) is 25.1. The van der Waals surface area contributed by atoms with Gasteiger partial charge in [-0.3, -0.25) is 0 Å². The standard InChI is InChI=1S/C44H29NS/c1-3-12-30(13-4-1)31-22-24-34(25-23-31)45(42-21-11-17-32-16-7-8-18-36(32)42)35-26-27-43-40(28-35)41-29-39(33-14-5-2-6-15-33)37-19-9-10-20-38(37)44(41)46-43/h1-29H. The summed E-state index contributed by atoms with van der Waals surface area (Å²) in [6.45, 7) is 0. The molecule has 0 aliphatic rings. The minimum Gasteiger partial charge on any atom is -0.310 e. The van der Waals surface area contributed by atoms with Crippen LogP contribution in [0.15, 0.2) is 176 Å².